The van der Waals surface area contributed by atoms with Gasteiger partial charge in [-0.25, -0.2) is 0 Å². The number of hydrogen-bond acceptors (Lipinski definition) is 2. The molecule has 1 heterocycles. The van der Waals surface area contributed by atoms with Crippen LogP contribution in [-0.2, 0) is 9.59 Å². The fourth-order valence-electron chi connectivity index (χ4n) is 2.81. The van der Waals surface area contributed by atoms with Gasteiger partial charge in [-0.1, -0.05) is 30.3 Å². The Morgan fingerprint density at radius 1 is 1.14 bits per heavy atom. The highest BCUT2D eigenvalue weighted by molar-refractivity contribution is 6.20. The first-order chi connectivity index (χ1) is 10.5. The largest absolute Gasteiger partial charge is 0.325 e. The average Bonchev–Trinajstić information content (AvgIpc) is 2.75. The van der Waals surface area contributed by atoms with Crippen LogP contribution < -0.4 is 10.2 Å². The van der Waals surface area contributed by atoms with Gasteiger partial charge >= 0.3 is 0 Å². The highest BCUT2D eigenvalue weighted by atomic mass is 16.2. The maximum Gasteiger partial charge on any atom is 0.243 e. The van der Waals surface area contributed by atoms with E-state index in [4.69, 9.17) is 0 Å². The van der Waals surface area contributed by atoms with Crippen molar-refractivity contribution in [2.24, 2.45) is 0 Å². The molecule has 0 aliphatic carbocycles. The Bertz CT molecular complexity index is 767. The van der Waals surface area contributed by atoms with Gasteiger partial charge in [-0.15, -0.1) is 0 Å². The topological polar surface area (TPSA) is 49.4 Å². The minimum Gasteiger partial charge on any atom is -0.325 e. The summed E-state index contributed by atoms with van der Waals surface area (Å²) in [5, 5.41) is 2.90. The van der Waals surface area contributed by atoms with Gasteiger partial charge in [0.25, 0.3) is 0 Å². The van der Waals surface area contributed by atoms with Gasteiger partial charge in [-0.3, -0.25) is 9.59 Å². The number of carbonyl (C=O) groups excluding carboxylic acids is 2. The first-order valence-electron chi connectivity index (χ1n) is 7.23. The van der Waals surface area contributed by atoms with Crippen molar-refractivity contribution in [3.8, 4) is 0 Å². The van der Waals surface area contributed by atoms with Gasteiger partial charge < -0.3 is 10.2 Å². The van der Waals surface area contributed by atoms with Crippen LogP contribution in [0.1, 0.15) is 22.6 Å². The van der Waals surface area contributed by atoms with Gasteiger partial charge in [-0.05, 0) is 42.7 Å². The Labute approximate surface area is 129 Å². The number of likely N-dealkylation sites (N-methyl/N-ethyl adjacent to an activating group) is 1. The molecule has 2 aromatic carbocycles. The molecule has 0 radical (unpaired) electrons. The molecule has 2 amide bonds. The van der Waals surface area contributed by atoms with Crippen LogP contribution in [0.4, 0.5) is 11.4 Å². The van der Waals surface area contributed by atoms with Crippen molar-refractivity contribution in [2.45, 2.75) is 19.8 Å². The molecular formula is C18H18N2O2. The van der Waals surface area contributed by atoms with Crippen LogP contribution in [0.5, 0.6) is 0 Å². The highest BCUT2D eigenvalue weighted by Crippen LogP contribution is 2.36. The number of anilines is 2. The van der Waals surface area contributed by atoms with Crippen LogP contribution in [-0.4, -0.2) is 18.9 Å². The summed E-state index contributed by atoms with van der Waals surface area (Å²) in [7, 11) is 1.70. The molecule has 2 aromatic rings. The summed E-state index contributed by atoms with van der Waals surface area (Å²) in [6.45, 7) is 3.91. The molecule has 3 rings (SSSR count). The molecule has 112 valence electrons. The number of nitrogens with one attached hydrogen (secondary N) is 1. The molecule has 0 saturated carbocycles. The smallest absolute Gasteiger partial charge is 0.243 e. The monoisotopic (exact) mass is 294 g/mol. The third-order valence-electron chi connectivity index (χ3n) is 4.10. The predicted molar refractivity (Wildman–Crippen MR) is 87.1 cm³/mol. The van der Waals surface area contributed by atoms with E-state index in [-0.39, 0.29) is 11.8 Å². The Morgan fingerprint density at radius 2 is 1.86 bits per heavy atom. The summed E-state index contributed by atoms with van der Waals surface area (Å²) in [5.74, 6) is -1.25. The van der Waals surface area contributed by atoms with Crippen LogP contribution >= 0.6 is 0 Å². The van der Waals surface area contributed by atoms with Crippen LogP contribution in [0, 0.1) is 13.8 Å². The molecule has 1 aliphatic rings. The van der Waals surface area contributed by atoms with Crippen molar-refractivity contribution in [3.05, 3.63) is 59.2 Å². The molecular weight excluding hydrogens is 276 g/mol. The lowest BCUT2D eigenvalue weighted by Gasteiger charge is -2.13. The van der Waals surface area contributed by atoms with Crippen molar-refractivity contribution >= 4 is 23.2 Å². The van der Waals surface area contributed by atoms with Crippen LogP contribution in [0.2, 0.25) is 0 Å². The van der Waals surface area contributed by atoms with Gasteiger partial charge in [0.1, 0.15) is 5.92 Å². The van der Waals surface area contributed by atoms with E-state index in [0.29, 0.717) is 0 Å². The molecule has 4 heteroatoms. The number of nitrogens with zero attached hydrogens (tertiary/aromatic N) is 1. The van der Waals surface area contributed by atoms with E-state index in [0.717, 1.165) is 28.1 Å². The Kier molecular flexibility index (Phi) is 3.45. The first-order valence-corrected chi connectivity index (χ1v) is 7.23. The molecule has 0 saturated heterocycles. The Morgan fingerprint density at radius 3 is 2.64 bits per heavy atom. The SMILES string of the molecule is Cc1ccc(C)c(NC(=O)[C@@H]2C(=O)N(C)c3ccccc32)c1. The standard InChI is InChI=1S/C18H18N2O2/c1-11-8-9-12(2)14(10-11)19-17(21)16-13-6-4-5-7-15(13)20(3)18(16)22/h4-10,16H,1-3H3,(H,19,21)/t16-/m1/s1. The van der Waals surface area contributed by atoms with Crippen molar-refractivity contribution in [1.29, 1.82) is 0 Å². The van der Waals surface area contributed by atoms with E-state index in [9.17, 15) is 9.59 Å². The zero-order valence-electron chi connectivity index (χ0n) is 12.9. The van der Waals surface area contributed by atoms with Gasteiger partial charge in [0.15, 0.2) is 0 Å². The molecule has 22 heavy (non-hydrogen) atoms. The Balaban J connectivity index is 1.93. The second-order valence-corrected chi connectivity index (χ2v) is 5.70. The van der Waals surface area contributed by atoms with E-state index in [1.807, 2.05) is 56.3 Å². The minimum absolute atomic E-state index is 0.191. The fourth-order valence-corrected chi connectivity index (χ4v) is 2.81. The number of amides is 2. The van der Waals surface area contributed by atoms with Crippen molar-refractivity contribution in [2.75, 3.05) is 17.3 Å². The number of fused-ring (bicyclic) bond motifs is 1. The van der Waals surface area contributed by atoms with Crippen molar-refractivity contribution in [1.82, 2.24) is 0 Å². The lowest BCUT2D eigenvalue weighted by Crippen LogP contribution is -2.31. The quantitative estimate of drug-likeness (QED) is 0.866. The fraction of sp³-hybridized carbons (Fsp3) is 0.222. The molecule has 1 atom stereocenters. The van der Waals surface area contributed by atoms with E-state index < -0.39 is 5.92 Å². The molecule has 0 unspecified atom stereocenters. The number of para-hydroxylation sites is 1. The van der Waals surface area contributed by atoms with Gasteiger partial charge in [0, 0.05) is 18.4 Å². The first kappa shape index (κ1) is 14.3. The second-order valence-electron chi connectivity index (χ2n) is 5.70. The summed E-state index contributed by atoms with van der Waals surface area (Å²) < 4.78 is 0. The molecule has 0 bridgehead atoms. The number of aryl methyl sites for hydroxylation is 2. The molecule has 1 aliphatic heterocycles. The summed E-state index contributed by atoms with van der Waals surface area (Å²) >= 11 is 0. The van der Waals surface area contributed by atoms with E-state index >= 15 is 0 Å². The normalized spacial score (nSPS) is 16.6. The molecule has 0 spiro atoms. The number of carbonyl (C=O) groups is 2. The number of rotatable bonds is 2. The van der Waals surface area contributed by atoms with Gasteiger partial charge in [0.05, 0.1) is 0 Å². The summed E-state index contributed by atoms with van der Waals surface area (Å²) in [6, 6.07) is 13.3. The lowest BCUT2D eigenvalue weighted by atomic mass is 9.99. The predicted octanol–water partition coefficient (Wildman–Crippen LogP) is 3.00. The molecule has 0 aromatic heterocycles. The zero-order valence-corrected chi connectivity index (χ0v) is 12.9. The third-order valence-corrected chi connectivity index (χ3v) is 4.10. The maximum atomic E-state index is 12.6. The molecule has 1 N–H and O–H groups in total. The van der Waals surface area contributed by atoms with Gasteiger partial charge in [-0.2, -0.15) is 0 Å². The lowest BCUT2D eigenvalue weighted by molar-refractivity contribution is -0.126. The van der Waals surface area contributed by atoms with Crippen LogP contribution in [0.3, 0.4) is 0 Å². The Hall–Kier alpha value is -2.62. The zero-order chi connectivity index (χ0) is 15.9. The van der Waals surface area contributed by atoms with Crippen molar-refractivity contribution < 1.29 is 9.59 Å². The third kappa shape index (κ3) is 2.26. The van der Waals surface area contributed by atoms with Crippen LogP contribution in [0.15, 0.2) is 42.5 Å². The van der Waals surface area contributed by atoms with E-state index in [2.05, 4.69) is 5.32 Å². The average molecular weight is 294 g/mol. The van der Waals surface area contributed by atoms with Crippen molar-refractivity contribution in [3.63, 3.8) is 0 Å². The minimum atomic E-state index is -0.777. The van der Waals surface area contributed by atoms with E-state index in [1.54, 1.807) is 11.9 Å². The van der Waals surface area contributed by atoms with Crippen LogP contribution in [0.25, 0.3) is 0 Å². The summed E-state index contributed by atoms with van der Waals surface area (Å²) in [6.07, 6.45) is 0. The van der Waals surface area contributed by atoms with Gasteiger partial charge in [0.2, 0.25) is 11.8 Å². The van der Waals surface area contributed by atoms with E-state index in [1.165, 1.54) is 0 Å². The molecule has 0 fully saturated rings. The second kappa shape index (κ2) is 5.30. The highest BCUT2D eigenvalue weighted by Gasteiger charge is 2.39. The maximum absolute atomic E-state index is 12.6. The number of hydrogen-bond donors (Lipinski definition) is 1. The summed E-state index contributed by atoms with van der Waals surface area (Å²) in [5.41, 5.74) is 4.36. The number of benzene rings is 2. The summed E-state index contributed by atoms with van der Waals surface area (Å²) in [4.78, 5) is 26.6. The molecule has 4 nitrogen and oxygen atoms in total.